The van der Waals surface area contributed by atoms with E-state index in [4.69, 9.17) is 0 Å². The Morgan fingerprint density at radius 2 is 1.70 bits per heavy atom. The van der Waals surface area contributed by atoms with Crippen LogP contribution in [0.1, 0.15) is 44.7 Å². The zero-order valence-corrected chi connectivity index (χ0v) is 16.2. The molecule has 0 bridgehead atoms. The van der Waals surface area contributed by atoms with Crippen LogP contribution in [0.25, 0.3) is 0 Å². The number of hydrogen-bond acceptors (Lipinski definition) is 3. The lowest BCUT2D eigenvalue weighted by Gasteiger charge is -2.28. The maximum Gasteiger partial charge on any atom is 0.275 e. The lowest BCUT2D eigenvalue weighted by molar-refractivity contribution is -0.131. The number of nitrogens with zero attached hydrogens (tertiary/aromatic N) is 2. The Bertz CT molecular complexity index is 868. The molecule has 0 saturated carbocycles. The molecule has 140 valence electrons. The highest BCUT2D eigenvalue weighted by molar-refractivity contribution is 6.47. The van der Waals surface area contributed by atoms with Gasteiger partial charge in [-0.25, -0.2) is 0 Å². The first kappa shape index (κ1) is 18.8. The van der Waals surface area contributed by atoms with E-state index in [-0.39, 0.29) is 18.4 Å². The van der Waals surface area contributed by atoms with E-state index in [2.05, 4.69) is 24.2 Å². The summed E-state index contributed by atoms with van der Waals surface area (Å²) in [7, 11) is 0. The van der Waals surface area contributed by atoms with Gasteiger partial charge in [0, 0.05) is 11.3 Å². The van der Waals surface area contributed by atoms with Gasteiger partial charge < -0.3 is 10.2 Å². The smallest absolute Gasteiger partial charge is 0.275 e. The molecule has 1 heterocycles. The number of aliphatic imine (C=N–C) groups is 1. The van der Waals surface area contributed by atoms with Gasteiger partial charge in [-0.1, -0.05) is 56.3 Å². The summed E-state index contributed by atoms with van der Waals surface area (Å²) in [6.45, 7) is 7.88. The molecule has 5 heteroatoms. The molecule has 1 aliphatic heterocycles. The van der Waals surface area contributed by atoms with Crippen molar-refractivity contribution in [2.45, 2.75) is 39.3 Å². The van der Waals surface area contributed by atoms with Gasteiger partial charge in [0.15, 0.2) is 0 Å². The standard InChI is InChI=1S/C22H25N3O2/c1-15(2)16-10-12-18(13-11-16)23-19(26)14-25-21(27)20(24-22(25,3)4)17-8-6-5-7-9-17/h5-13,15H,14H2,1-4H3,(H,23,26). The van der Waals surface area contributed by atoms with E-state index in [1.54, 1.807) is 0 Å². The number of rotatable bonds is 5. The maximum absolute atomic E-state index is 12.8. The van der Waals surface area contributed by atoms with Gasteiger partial charge >= 0.3 is 0 Å². The van der Waals surface area contributed by atoms with Crippen LogP contribution in [-0.4, -0.2) is 34.6 Å². The molecule has 0 fully saturated rings. The van der Waals surface area contributed by atoms with E-state index < -0.39 is 5.66 Å². The van der Waals surface area contributed by atoms with Crippen molar-refractivity contribution in [3.8, 4) is 0 Å². The largest absolute Gasteiger partial charge is 0.325 e. The predicted octanol–water partition coefficient (Wildman–Crippen LogP) is 3.82. The number of anilines is 1. The van der Waals surface area contributed by atoms with Crippen molar-refractivity contribution < 1.29 is 9.59 Å². The molecule has 27 heavy (non-hydrogen) atoms. The molecular weight excluding hydrogens is 338 g/mol. The Labute approximate surface area is 160 Å². The minimum absolute atomic E-state index is 0.0440. The van der Waals surface area contributed by atoms with Crippen molar-refractivity contribution in [3.05, 3.63) is 65.7 Å². The second kappa shape index (κ2) is 7.35. The molecule has 0 unspecified atom stereocenters. The predicted molar refractivity (Wildman–Crippen MR) is 108 cm³/mol. The molecule has 2 aromatic rings. The fraction of sp³-hybridized carbons (Fsp3) is 0.318. The minimum Gasteiger partial charge on any atom is -0.325 e. The van der Waals surface area contributed by atoms with E-state index in [9.17, 15) is 9.59 Å². The third-order valence-electron chi connectivity index (χ3n) is 4.70. The molecule has 1 N–H and O–H groups in total. The van der Waals surface area contributed by atoms with Crippen LogP contribution >= 0.6 is 0 Å². The zero-order valence-electron chi connectivity index (χ0n) is 16.2. The number of nitrogens with one attached hydrogen (secondary N) is 1. The summed E-state index contributed by atoms with van der Waals surface area (Å²) in [5.41, 5.74) is 2.33. The van der Waals surface area contributed by atoms with E-state index in [1.807, 2.05) is 68.4 Å². The number of carbonyl (C=O) groups is 2. The van der Waals surface area contributed by atoms with Gasteiger partial charge in [0.1, 0.15) is 17.9 Å². The van der Waals surface area contributed by atoms with Crippen molar-refractivity contribution in [2.24, 2.45) is 4.99 Å². The quantitative estimate of drug-likeness (QED) is 0.878. The molecule has 0 aromatic heterocycles. The Kier molecular flexibility index (Phi) is 5.13. The first-order chi connectivity index (χ1) is 12.8. The third kappa shape index (κ3) is 4.08. The van der Waals surface area contributed by atoms with Crippen LogP contribution < -0.4 is 5.32 Å². The fourth-order valence-electron chi connectivity index (χ4n) is 3.10. The highest BCUT2D eigenvalue weighted by Crippen LogP contribution is 2.26. The third-order valence-corrected chi connectivity index (χ3v) is 4.70. The first-order valence-electron chi connectivity index (χ1n) is 9.15. The molecule has 0 atom stereocenters. The highest BCUT2D eigenvalue weighted by atomic mass is 16.2. The zero-order chi connectivity index (χ0) is 19.6. The first-order valence-corrected chi connectivity index (χ1v) is 9.15. The molecule has 5 nitrogen and oxygen atoms in total. The van der Waals surface area contributed by atoms with Gasteiger partial charge in [-0.15, -0.1) is 0 Å². The van der Waals surface area contributed by atoms with Gasteiger partial charge in [-0.05, 0) is 37.5 Å². The SMILES string of the molecule is CC(C)c1ccc(NC(=O)CN2C(=O)C(c3ccccc3)=NC2(C)C)cc1. The molecule has 0 radical (unpaired) electrons. The summed E-state index contributed by atoms with van der Waals surface area (Å²) >= 11 is 0. The second-order valence-corrected chi connectivity index (χ2v) is 7.54. The second-order valence-electron chi connectivity index (χ2n) is 7.54. The van der Waals surface area contributed by atoms with Crippen LogP contribution in [0.3, 0.4) is 0 Å². The summed E-state index contributed by atoms with van der Waals surface area (Å²) in [4.78, 5) is 31.4. The summed E-state index contributed by atoms with van der Waals surface area (Å²) in [5, 5.41) is 2.86. The topological polar surface area (TPSA) is 61.8 Å². The number of carbonyl (C=O) groups excluding carboxylic acids is 2. The number of benzene rings is 2. The Morgan fingerprint density at radius 3 is 2.30 bits per heavy atom. The molecule has 1 aliphatic rings. The minimum atomic E-state index is -0.763. The average Bonchev–Trinajstić information content (AvgIpc) is 2.86. The summed E-state index contributed by atoms with van der Waals surface area (Å²) in [6.07, 6.45) is 0. The van der Waals surface area contributed by atoms with Crippen LogP contribution in [0.15, 0.2) is 59.6 Å². The molecular formula is C22H25N3O2. The van der Waals surface area contributed by atoms with Crippen LogP contribution in [0, 0.1) is 0 Å². The van der Waals surface area contributed by atoms with E-state index in [0.29, 0.717) is 11.6 Å². The van der Waals surface area contributed by atoms with Crippen molar-refractivity contribution in [3.63, 3.8) is 0 Å². The fourth-order valence-corrected chi connectivity index (χ4v) is 3.10. The lowest BCUT2D eigenvalue weighted by atomic mass is 10.0. The molecule has 0 saturated heterocycles. The lowest BCUT2D eigenvalue weighted by Crippen LogP contribution is -2.46. The Balaban J connectivity index is 1.70. The molecule has 3 rings (SSSR count). The Morgan fingerprint density at radius 1 is 1.07 bits per heavy atom. The van der Waals surface area contributed by atoms with Crippen molar-refractivity contribution in [2.75, 3.05) is 11.9 Å². The van der Waals surface area contributed by atoms with Gasteiger partial charge in [0.25, 0.3) is 5.91 Å². The Hall–Kier alpha value is -2.95. The van der Waals surface area contributed by atoms with Crippen LogP contribution in [-0.2, 0) is 9.59 Å². The van der Waals surface area contributed by atoms with E-state index in [0.717, 1.165) is 11.3 Å². The van der Waals surface area contributed by atoms with Crippen molar-refractivity contribution in [1.29, 1.82) is 0 Å². The summed E-state index contributed by atoms with van der Waals surface area (Å²) in [5.74, 6) is -0.0268. The number of hydrogen-bond donors (Lipinski definition) is 1. The summed E-state index contributed by atoms with van der Waals surface area (Å²) < 4.78 is 0. The monoisotopic (exact) mass is 363 g/mol. The van der Waals surface area contributed by atoms with Crippen LogP contribution in [0.4, 0.5) is 5.69 Å². The van der Waals surface area contributed by atoms with Gasteiger partial charge in [-0.3, -0.25) is 14.6 Å². The normalized spacial score (nSPS) is 15.8. The molecule has 0 aliphatic carbocycles. The van der Waals surface area contributed by atoms with E-state index in [1.165, 1.54) is 10.5 Å². The van der Waals surface area contributed by atoms with Gasteiger partial charge in [0.2, 0.25) is 5.91 Å². The van der Waals surface area contributed by atoms with Crippen LogP contribution in [0.2, 0.25) is 0 Å². The maximum atomic E-state index is 12.8. The molecule has 2 aromatic carbocycles. The van der Waals surface area contributed by atoms with Crippen molar-refractivity contribution in [1.82, 2.24) is 4.90 Å². The van der Waals surface area contributed by atoms with Crippen molar-refractivity contribution >= 4 is 23.2 Å². The van der Waals surface area contributed by atoms with E-state index >= 15 is 0 Å². The molecule has 2 amide bonds. The average molecular weight is 363 g/mol. The van der Waals surface area contributed by atoms with Gasteiger partial charge in [0.05, 0.1) is 0 Å². The highest BCUT2D eigenvalue weighted by Gasteiger charge is 2.41. The van der Waals surface area contributed by atoms with Crippen LogP contribution in [0.5, 0.6) is 0 Å². The van der Waals surface area contributed by atoms with Gasteiger partial charge in [-0.2, -0.15) is 0 Å². The molecule has 0 spiro atoms. The summed E-state index contributed by atoms with van der Waals surface area (Å²) in [6, 6.07) is 17.1. The number of amides is 2.